The van der Waals surface area contributed by atoms with E-state index in [9.17, 15) is 9.59 Å². The predicted molar refractivity (Wildman–Crippen MR) is 99.7 cm³/mol. The minimum absolute atomic E-state index is 0.0866. The Morgan fingerprint density at radius 2 is 1.85 bits per heavy atom. The molecule has 3 heterocycles. The summed E-state index contributed by atoms with van der Waals surface area (Å²) in [7, 11) is 0. The second-order valence-electron chi connectivity index (χ2n) is 6.73. The van der Waals surface area contributed by atoms with Crippen LogP contribution in [0.15, 0.2) is 28.8 Å². The topological polar surface area (TPSA) is 75.4 Å². The van der Waals surface area contributed by atoms with Gasteiger partial charge in [0.25, 0.3) is 5.91 Å². The first kappa shape index (κ1) is 16.3. The number of carbonyl (C=O) groups excluding carboxylic acids is 2. The zero-order chi connectivity index (χ0) is 18.6. The summed E-state index contributed by atoms with van der Waals surface area (Å²) in [6.45, 7) is 7.60. The average Bonchev–Trinajstić information content (AvgIpc) is 2.96. The summed E-state index contributed by atoms with van der Waals surface area (Å²) in [5.74, 6) is 0.0963. The second-order valence-corrected chi connectivity index (χ2v) is 6.73. The van der Waals surface area contributed by atoms with E-state index in [1.54, 1.807) is 12.3 Å². The summed E-state index contributed by atoms with van der Waals surface area (Å²) >= 11 is 0. The van der Waals surface area contributed by atoms with E-state index in [1.165, 1.54) is 4.90 Å². The number of nitrogens with one attached hydrogen (secondary N) is 1. The highest BCUT2D eigenvalue weighted by molar-refractivity contribution is 6.15. The highest BCUT2D eigenvalue weighted by Gasteiger charge is 2.33. The van der Waals surface area contributed by atoms with Crippen molar-refractivity contribution in [2.45, 2.75) is 27.7 Å². The quantitative estimate of drug-likeness (QED) is 0.727. The van der Waals surface area contributed by atoms with Gasteiger partial charge in [-0.15, -0.1) is 0 Å². The van der Waals surface area contributed by atoms with Crippen molar-refractivity contribution >= 4 is 34.3 Å². The molecular formula is C20H19N3O3. The molecular weight excluding hydrogens is 330 g/mol. The molecule has 0 saturated carbocycles. The van der Waals surface area contributed by atoms with Crippen molar-refractivity contribution in [1.82, 2.24) is 4.98 Å². The predicted octanol–water partition coefficient (Wildman–Crippen LogP) is 3.66. The molecule has 3 aromatic rings. The molecule has 0 aliphatic carbocycles. The monoisotopic (exact) mass is 349 g/mol. The van der Waals surface area contributed by atoms with Gasteiger partial charge in [-0.2, -0.15) is 0 Å². The highest BCUT2D eigenvalue weighted by Crippen LogP contribution is 2.35. The van der Waals surface area contributed by atoms with E-state index < -0.39 is 0 Å². The lowest BCUT2D eigenvalue weighted by atomic mass is 10.0. The van der Waals surface area contributed by atoms with Crippen LogP contribution in [0.1, 0.15) is 32.8 Å². The molecule has 0 saturated heterocycles. The van der Waals surface area contributed by atoms with Gasteiger partial charge in [0.05, 0.1) is 5.69 Å². The lowest BCUT2D eigenvalue weighted by molar-refractivity contribution is -0.115. The van der Waals surface area contributed by atoms with Crippen LogP contribution in [0.25, 0.3) is 11.0 Å². The van der Waals surface area contributed by atoms with Crippen molar-refractivity contribution < 1.29 is 14.0 Å². The lowest BCUT2D eigenvalue weighted by Crippen LogP contribution is -2.43. The van der Waals surface area contributed by atoms with Crippen molar-refractivity contribution in [3.05, 3.63) is 52.4 Å². The van der Waals surface area contributed by atoms with Gasteiger partial charge in [-0.1, -0.05) is 12.1 Å². The van der Waals surface area contributed by atoms with Crippen LogP contribution in [0.4, 0.5) is 11.5 Å². The molecule has 0 atom stereocenters. The standard InChI is InChI=1S/C20H19N3O3/c1-10-5-6-12(3)17-15(10)13(4)18(26-17)20(25)23-9-14(24)22-16-11(2)7-8-21-19(16)23/h5-8H,9H2,1-4H3,(H,22,24). The number of hydrogen-bond acceptors (Lipinski definition) is 4. The molecule has 6 heteroatoms. The van der Waals surface area contributed by atoms with Crippen LogP contribution in [0.5, 0.6) is 0 Å². The summed E-state index contributed by atoms with van der Waals surface area (Å²) in [5, 5.41) is 3.75. The number of aryl methyl sites for hydroxylation is 4. The minimum Gasteiger partial charge on any atom is -0.450 e. The Hall–Kier alpha value is -3.15. The van der Waals surface area contributed by atoms with E-state index in [0.29, 0.717) is 17.1 Å². The van der Waals surface area contributed by atoms with Gasteiger partial charge in [0.15, 0.2) is 11.6 Å². The Bertz CT molecular complexity index is 1080. The third kappa shape index (κ3) is 2.29. The SMILES string of the molecule is Cc1ccnc2c1NC(=O)CN2C(=O)c1oc2c(C)ccc(C)c2c1C. The number of rotatable bonds is 1. The molecule has 132 valence electrons. The molecule has 1 aliphatic rings. The maximum atomic E-state index is 13.2. The maximum Gasteiger partial charge on any atom is 0.296 e. The Morgan fingerprint density at radius 1 is 1.12 bits per heavy atom. The van der Waals surface area contributed by atoms with Crippen LogP contribution in [0.2, 0.25) is 0 Å². The van der Waals surface area contributed by atoms with Gasteiger partial charge in [0, 0.05) is 17.1 Å². The number of carbonyl (C=O) groups is 2. The smallest absolute Gasteiger partial charge is 0.296 e. The van der Waals surface area contributed by atoms with Gasteiger partial charge in [0.2, 0.25) is 5.91 Å². The van der Waals surface area contributed by atoms with Crippen molar-refractivity contribution in [3.63, 3.8) is 0 Å². The van der Waals surface area contributed by atoms with Crippen LogP contribution in [-0.4, -0.2) is 23.3 Å². The third-order valence-electron chi connectivity index (χ3n) is 4.88. The molecule has 1 N–H and O–H groups in total. The number of benzene rings is 1. The number of hydrogen-bond donors (Lipinski definition) is 1. The van der Waals surface area contributed by atoms with Crippen molar-refractivity contribution in [3.8, 4) is 0 Å². The van der Waals surface area contributed by atoms with Gasteiger partial charge in [-0.25, -0.2) is 4.98 Å². The third-order valence-corrected chi connectivity index (χ3v) is 4.88. The van der Waals surface area contributed by atoms with Crippen molar-refractivity contribution in [2.24, 2.45) is 0 Å². The molecule has 1 aliphatic heterocycles. The van der Waals surface area contributed by atoms with Crippen molar-refractivity contribution in [2.75, 3.05) is 16.8 Å². The van der Waals surface area contributed by atoms with E-state index in [1.807, 2.05) is 39.8 Å². The Labute approximate surface area is 150 Å². The molecule has 2 amide bonds. The highest BCUT2D eigenvalue weighted by atomic mass is 16.3. The summed E-state index contributed by atoms with van der Waals surface area (Å²) in [4.78, 5) is 31.1. The van der Waals surface area contributed by atoms with Gasteiger partial charge >= 0.3 is 0 Å². The maximum absolute atomic E-state index is 13.2. The Morgan fingerprint density at radius 3 is 2.58 bits per heavy atom. The van der Waals surface area contributed by atoms with Crippen LogP contribution in [-0.2, 0) is 4.79 Å². The molecule has 0 spiro atoms. The first-order valence-electron chi connectivity index (χ1n) is 8.45. The van der Waals surface area contributed by atoms with E-state index in [0.717, 1.165) is 27.6 Å². The zero-order valence-electron chi connectivity index (χ0n) is 15.1. The van der Waals surface area contributed by atoms with Crippen molar-refractivity contribution in [1.29, 1.82) is 0 Å². The van der Waals surface area contributed by atoms with Gasteiger partial charge in [0.1, 0.15) is 12.1 Å². The summed E-state index contributed by atoms with van der Waals surface area (Å²) < 4.78 is 5.96. The number of nitrogens with zero attached hydrogens (tertiary/aromatic N) is 2. The first-order chi connectivity index (χ1) is 12.4. The number of anilines is 2. The minimum atomic E-state index is -0.355. The number of pyridine rings is 1. The average molecular weight is 349 g/mol. The zero-order valence-corrected chi connectivity index (χ0v) is 15.1. The fourth-order valence-electron chi connectivity index (χ4n) is 3.47. The number of amides is 2. The lowest BCUT2D eigenvalue weighted by Gasteiger charge is -2.28. The van der Waals surface area contributed by atoms with E-state index in [4.69, 9.17) is 4.42 Å². The summed E-state index contributed by atoms with van der Waals surface area (Å²) in [6.07, 6.45) is 1.63. The van der Waals surface area contributed by atoms with Crippen LogP contribution in [0, 0.1) is 27.7 Å². The van der Waals surface area contributed by atoms with Gasteiger partial charge < -0.3 is 9.73 Å². The Balaban J connectivity index is 1.88. The van der Waals surface area contributed by atoms with E-state index >= 15 is 0 Å². The summed E-state index contributed by atoms with van der Waals surface area (Å²) in [5.41, 5.74) is 4.94. The van der Waals surface area contributed by atoms with Gasteiger partial charge in [-0.3, -0.25) is 14.5 Å². The number of fused-ring (bicyclic) bond motifs is 2. The fraction of sp³-hybridized carbons (Fsp3) is 0.250. The molecule has 0 unspecified atom stereocenters. The normalized spacial score (nSPS) is 13.7. The first-order valence-corrected chi connectivity index (χ1v) is 8.45. The molecule has 4 rings (SSSR count). The molecule has 0 fully saturated rings. The van der Waals surface area contributed by atoms with E-state index in [-0.39, 0.29) is 24.1 Å². The molecule has 0 radical (unpaired) electrons. The second kappa shape index (κ2) is 5.69. The largest absolute Gasteiger partial charge is 0.450 e. The summed E-state index contributed by atoms with van der Waals surface area (Å²) in [6, 6.07) is 5.79. The fourth-order valence-corrected chi connectivity index (χ4v) is 3.47. The van der Waals surface area contributed by atoms with Crippen LogP contribution < -0.4 is 10.2 Å². The Kier molecular flexibility index (Phi) is 3.57. The van der Waals surface area contributed by atoms with E-state index in [2.05, 4.69) is 10.3 Å². The van der Waals surface area contributed by atoms with Crippen LogP contribution in [0.3, 0.4) is 0 Å². The molecule has 1 aromatic carbocycles. The van der Waals surface area contributed by atoms with Crippen LogP contribution >= 0.6 is 0 Å². The van der Waals surface area contributed by atoms with Gasteiger partial charge in [-0.05, 0) is 50.5 Å². The molecule has 26 heavy (non-hydrogen) atoms. The number of furan rings is 1. The molecule has 6 nitrogen and oxygen atoms in total. The molecule has 2 aromatic heterocycles. The molecule has 0 bridgehead atoms. The number of aromatic nitrogens is 1.